The smallest absolute Gasteiger partial charge is 0.106 e. The van der Waals surface area contributed by atoms with Crippen molar-refractivity contribution in [3.8, 4) is 0 Å². The van der Waals surface area contributed by atoms with Gasteiger partial charge in [0, 0.05) is 14.2 Å². The molecule has 1 aromatic carbocycles. The fraction of sp³-hybridized carbons (Fsp3) is 0.286. The number of rotatable bonds is 2. The van der Waals surface area contributed by atoms with E-state index in [9.17, 15) is 5.11 Å². The molecule has 0 saturated heterocycles. The van der Waals surface area contributed by atoms with Crippen LogP contribution >= 0.6 is 27.3 Å². The van der Waals surface area contributed by atoms with E-state index in [2.05, 4.69) is 35.8 Å². The summed E-state index contributed by atoms with van der Waals surface area (Å²) in [5.41, 5.74) is 3.11. The predicted molar refractivity (Wildman–Crippen MR) is 76.7 cm³/mol. The molecule has 0 fully saturated rings. The SMILES string of the molecule is Cc1ccc(Br)c(C(O)c2cc(C)sc2C)c1. The van der Waals surface area contributed by atoms with Crippen LogP contribution in [0.4, 0.5) is 0 Å². The van der Waals surface area contributed by atoms with Crippen molar-refractivity contribution in [1.82, 2.24) is 0 Å². The van der Waals surface area contributed by atoms with Gasteiger partial charge in [0.05, 0.1) is 0 Å². The molecule has 2 rings (SSSR count). The summed E-state index contributed by atoms with van der Waals surface area (Å²) in [6.07, 6.45) is -0.547. The van der Waals surface area contributed by atoms with Gasteiger partial charge in [-0.2, -0.15) is 0 Å². The van der Waals surface area contributed by atoms with E-state index in [1.807, 2.05) is 25.1 Å². The molecule has 90 valence electrons. The number of halogens is 1. The number of aliphatic hydroxyl groups is 1. The third kappa shape index (κ3) is 2.62. The Labute approximate surface area is 114 Å². The average Bonchev–Trinajstić information content (AvgIpc) is 2.60. The molecule has 0 amide bonds. The summed E-state index contributed by atoms with van der Waals surface area (Å²) in [5.74, 6) is 0. The Morgan fingerprint density at radius 2 is 1.82 bits per heavy atom. The molecule has 0 aliphatic rings. The summed E-state index contributed by atoms with van der Waals surface area (Å²) in [4.78, 5) is 2.42. The Morgan fingerprint density at radius 1 is 1.12 bits per heavy atom. The van der Waals surface area contributed by atoms with E-state index in [1.54, 1.807) is 11.3 Å². The third-order valence-electron chi connectivity index (χ3n) is 2.82. The van der Waals surface area contributed by atoms with Crippen LogP contribution in [0.2, 0.25) is 0 Å². The van der Waals surface area contributed by atoms with Crippen LogP contribution in [-0.2, 0) is 0 Å². The second-order valence-electron chi connectivity index (χ2n) is 4.30. The molecular formula is C14H15BrOS. The maximum atomic E-state index is 10.5. The topological polar surface area (TPSA) is 20.2 Å². The summed E-state index contributed by atoms with van der Waals surface area (Å²) in [6, 6.07) is 8.12. The van der Waals surface area contributed by atoms with Crippen LogP contribution in [0, 0.1) is 20.8 Å². The zero-order chi connectivity index (χ0) is 12.6. The summed E-state index contributed by atoms with van der Waals surface area (Å²) < 4.78 is 0.957. The molecule has 3 heteroatoms. The van der Waals surface area contributed by atoms with Gasteiger partial charge in [0.2, 0.25) is 0 Å². The molecule has 0 radical (unpaired) electrons. The van der Waals surface area contributed by atoms with E-state index in [0.717, 1.165) is 21.2 Å². The lowest BCUT2D eigenvalue weighted by Crippen LogP contribution is -2.01. The highest BCUT2D eigenvalue weighted by atomic mass is 79.9. The standard InChI is InChI=1S/C14H15BrOS/c1-8-4-5-13(15)12(6-8)14(16)11-7-9(2)17-10(11)3/h4-7,14,16H,1-3H3. The molecule has 0 bridgehead atoms. The summed E-state index contributed by atoms with van der Waals surface area (Å²) in [5, 5.41) is 10.5. The molecule has 0 spiro atoms. The van der Waals surface area contributed by atoms with Gasteiger partial charge in [-0.1, -0.05) is 33.6 Å². The number of thiophene rings is 1. The molecule has 1 unspecified atom stereocenters. The molecule has 0 saturated carbocycles. The van der Waals surface area contributed by atoms with E-state index >= 15 is 0 Å². The van der Waals surface area contributed by atoms with Crippen molar-refractivity contribution in [2.45, 2.75) is 26.9 Å². The van der Waals surface area contributed by atoms with Crippen molar-refractivity contribution in [3.63, 3.8) is 0 Å². The van der Waals surface area contributed by atoms with Gasteiger partial charge < -0.3 is 5.11 Å². The van der Waals surface area contributed by atoms with Crippen LogP contribution in [0.15, 0.2) is 28.7 Å². The number of benzene rings is 1. The van der Waals surface area contributed by atoms with Gasteiger partial charge in [0.15, 0.2) is 0 Å². The van der Waals surface area contributed by atoms with Crippen molar-refractivity contribution in [2.75, 3.05) is 0 Å². The van der Waals surface area contributed by atoms with Gasteiger partial charge in [0.1, 0.15) is 6.10 Å². The highest BCUT2D eigenvalue weighted by molar-refractivity contribution is 9.10. The molecule has 1 N–H and O–H groups in total. The summed E-state index contributed by atoms with van der Waals surface area (Å²) in [6.45, 7) is 6.16. The molecule has 0 aliphatic heterocycles. The largest absolute Gasteiger partial charge is 0.384 e. The lowest BCUT2D eigenvalue weighted by molar-refractivity contribution is 0.219. The Bertz CT molecular complexity index is 545. The Morgan fingerprint density at radius 3 is 2.41 bits per heavy atom. The lowest BCUT2D eigenvalue weighted by atomic mass is 10.0. The fourth-order valence-electron chi connectivity index (χ4n) is 1.96. The monoisotopic (exact) mass is 310 g/mol. The first-order chi connectivity index (χ1) is 7.99. The first kappa shape index (κ1) is 12.8. The first-order valence-electron chi connectivity index (χ1n) is 5.50. The van der Waals surface area contributed by atoms with Crippen molar-refractivity contribution in [3.05, 3.63) is 55.2 Å². The molecule has 1 nitrogen and oxygen atoms in total. The Hall–Kier alpha value is -0.640. The minimum atomic E-state index is -0.547. The van der Waals surface area contributed by atoms with Crippen LogP contribution < -0.4 is 0 Å². The van der Waals surface area contributed by atoms with E-state index in [-0.39, 0.29) is 0 Å². The molecule has 1 heterocycles. The van der Waals surface area contributed by atoms with Gasteiger partial charge in [-0.05, 0) is 44.0 Å². The summed E-state index contributed by atoms with van der Waals surface area (Å²) >= 11 is 5.23. The second kappa shape index (κ2) is 4.92. The highest BCUT2D eigenvalue weighted by Gasteiger charge is 2.17. The zero-order valence-electron chi connectivity index (χ0n) is 10.1. The second-order valence-corrected chi connectivity index (χ2v) is 6.61. The van der Waals surface area contributed by atoms with Gasteiger partial charge in [-0.3, -0.25) is 0 Å². The van der Waals surface area contributed by atoms with Gasteiger partial charge in [-0.25, -0.2) is 0 Å². The molecule has 17 heavy (non-hydrogen) atoms. The highest BCUT2D eigenvalue weighted by Crippen LogP contribution is 2.34. The Balaban J connectivity index is 2.46. The normalized spacial score (nSPS) is 12.8. The van der Waals surface area contributed by atoms with Gasteiger partial charge in [0.25, 0.3) is 0 Å². The van der Waals surface area contributed by atoms with Crippen molar-refractivity contribution >= 4 is 27.3 Å². The van der Waals surface area contributed by atoms with E-state index in [4.69, 9.17) is 0 Å². The predicted octanol–water partition coefficient (Wildman–Crippen LogP) is 4.52. The summed E-state index contributed by atoms with van der Waals surface area (Å²) in [7, 11) is 0. The quantitative estimate of drug-likeness (QED) is 0.864. The maximum absolute atomic E-state index is 10.5. The molecule has 0 aliphatic carbocycles. The molecule has 2 aromatic rings. The minimum Gasteiger partial charge on any atom is -0.384 e. The Kier molecular flexibility index (Phi) is 3.71. The van der Waals surface area contributed by atoms with E-state index in [1.165, 1.54) is 9.75 Å². The van der Waals surface area contributed by atoms with Gasteiger partial charge in [-0.15, -0.1) is 11.3 Å². The van der Waals surface area contributed by atoms with E-state index in [0.29, 0.717) is 0 Å². The number of aryl methyl sites for hydroxylation is 3. The number of aliphatic hydroxyl groups excluding tert-OH is 1. The fourth-order valence-corrected chi connectivity index (χ4v) is 3.38. The van der Waals surface area contributed by atoms with Crippen LogP contribution in [0.3, 0.4) is 0 Å². The van der Waals surface area contributed by atoms with Crippen LogP contribution in [-0.4, -0.2) is 5.11 Å². The number of hydrogen-bond donors (Lipinski definition) is 1. The van der Waals surface area contributed by atoms with E-state index < -0.39 is 6.10 Å². The number of hydrogen-bond acceptors (Lipinski definition) is 2. The molecular weight excluding hydrogens is 296 g/mol. The van der Waals surface area contributed by atoms with Crippen LogP contribution in [0.5, 0.6) is 0 Å². The first-order valence-corrected chi connectivity index (χ1v) is 7.11. The lowest BCUT2D eigenvalue weighted by Gasteiger charge is -2.13. The van der Waals surface area contributed by atoms with Crippen molar-refractivity contribution in [1.29, 1.82) is 0 Å². The molecule has 1 aromatic heterocycles. The zero-order valence-corrected chi connectivity index (χ0v) is 12.5. The van der Waals surface area contributed by atoms with Crippen molar-refractivity contribution in [2.24, 2.45) is 0 Å². The van der Waals surface area contributed by atoms with Crippen molar-refractivity contribution < 1.29 is 5.11 Å². The third-order valence-corrected chi connectivity index (χ3v) is 4.52. The molecule has 1 atom stereocenters. The maximum Gasteiger partial charge on any atom is 0.106 e. The van der Waals surface area contributed by atoms with Crippen LogP contribution in [0.25, 0.3) is 0 Å². The van der Waals surface area contributed by atoms with Crippen LogP contribution in [0.1, 0.15) is 32.5 Å². The average molecular weight is 311 g/mol. The van der Waals surface area contributed by atoms with Gasteiger partial charge >= 0.3 is 0 Å². The minimum absolute atomic E-state index is 0.547.